The first-order chi connectivity index (χ1) is 24.8. The third kappa shape index (κ3) is 4.52. The summed E-state index contributed by atoms with van der Waals surface area (Å²) >= 11 is 0. The third-order valence-electron chi connectivity index (χ3n) is 9.46. The molecule has 0 aliphatic heterocycles. The molecule has 0 aliphatic carbocycles. The molecule has 0 aliphatic rings. The van der Waals surface area contributed by atoms with Crippen LogP contribution in [0, 0.1) is 0 Å². The standard InChI is InChI=1S/C45H28N4O/c1-4-14-29(15-5-1)33-21-12-22-35-36-23-13-25-40(42(36)50-41(33)35)49-38-24-11-10-20-34(38)37-28-32(26-27-39(37)49)45-47-43(30-16-6-2-7-17-30)46-44(48-45)31-18-8-3-9-19-31/h1-28H. The lowest BCUT2D eigenvalue weighted by molar-refractivity contribution is 0.667. The van der Waals surface area contributed by atoms with Crippen molar-refractivity contribution in [2.45, 2.75) is 0 Å². The first-order valence-corrected chi connectivity index (χ1v) is 16.7. The van der Waals surface area contributed by atoms with Gasteiger partial charge in [-0.15, -0.1) is 0 Å². The Kier molecular flexibility index (Phi) is 6.42. The van der Waals surface area contributed by atoms with Gasteiger partial charge >= 0.3 is 0 Å². The zero-order chi connectivity index (χ0) is 33.0. The molecule has 0 spiro atoms. The lowest BCUT2D eigenvalue weighted by atomic mass is 10.0. The van der Waals surface area contributed by atoms with E-state index in [2.05, 4.69) is 108 Å². The summed E-state index contributed by atoms with van der Waals surface area (Å²) < 4.78 is 9.17. The summed E-state index contributed by atoms with van der Waals surface area (Å²) in [4.78, 5) is 14.9. The Labute approximate surface area is 287 Å². The molecule has 10 aromatic rings. The molecule has 50 heavy (non-hydrogen) atoms. The van der Waals surface area contributed by atoms with E-state index in [1.165, 1.54) is 0 Å². The molecular weight excluding hydrogens is 613 g/mol. The lowest BCUT2D eigenvalue weighted by Crippen LogP contribution is -2.00. The predicted molar refractivity (Wildman–Crippen MR) is 203 cm³/mol. The molecule has 0 unspecified atom stereocenters. The van der Waals surface area contributed by atoms with Crippen LogP contribution in [0.4, 0.5) is 0 Å². The van der Waals surface area contributed by atoms with Gasteiger partial charge in [-0.25, -0.2) is 15.0 Å². The van der Waals surface area contributed by atoms with Gasteiger partial charge in [-0.05, 0) is 35.9 Å². The second-order valence-electron chi connectivity index (χ2n) is 12.4. The van der Waals surface area contributed by atoms with Crippen molar-refractivity contribution in [1.82, 2.24) is 19.5 Å². The maximum absolute atomic E-state index is 6.85. The molecule has 0 atom stereocenters. The van der Waals surface area contributed by atoms with E-state index >= 15 is 0 Å². The minimum absolute atomic E-state index is 0.629. The number of hydrogen-bond donors (Lipinski definition) is 0. The molecule has 0 radical (unpaired) electrons. The van der Waals surface area contributed by atoms with E-state index < -0.39 is 0 Å². The summed E-state index contributed by atoms with van der Waals surface area (Å²) in [7, 11) is 0. The number of hydrogen-bond acceptors (Lipinski definition) is 4. The van der Waals surface area contributed by atoms with Crippen LogP contribution in [-0.4, -0.2) is 19.5 Å². The highest BCUT2D eigenvalue weighted by atomic mass is 16.3. The summed E-state index contributed by atoms with van der Waals surface area (Å²) in [5.41, 5.74) is 9.94. The molecule has 5 heteroatoms. The fourth-order valence-corrected chi connectivity index (χ4v) is 7.14. The smallest absolute Gasteiger partial charge is 0.164 e. The van der Waals surface area contributed by atoms with Crippen LogP contribution in [0.3, 0.4) is 0 Å². The van der Waals surface area contributed by atoms with Crippen molar-refractivity contribution in [3.05, 3.63) is 170 Å². The van der Waals surface area contributed by atoms with E-state index in [0.717, 1.165) is 77.2 Å². The molecule has 3 aromatic heterocycles. The maximum Gasteiger partial charge on any atom is 0.164 e. The molecule has 10 rings (SSSR count). The van der Waals surface area contributed by atoms with Gasteiger partial charge in [0.15, 0.2) is 23.1 Å². The summed E-state index contributed by atoms with van der Waals surface area (Å²) in [6, 6.07) is 58.5. The van der Waals surface area contributed by atoms with E-state index in [0.29, 0.717) is 17.5 Å². The van der Waals surface area contributed by atoms with Gasteiger partial charge in [-0.3, -0.25) is 0 Å². The van der Waals surface area contributed by atoms with Gasteiger partial charge in [0.1, 0.15) is 5.58 Å². The van der Waals surface area contributed by atoms with Crippen LogP contribution in [0.5, 0.6) is 0 Å². The van der Waals surface area contributed by atoms with Crippen molar-refractivity contribution in [2.24, 2.45) is 0 Å². The highest BCUT2D eigenvalue weighted by molar-refractivity contribution is 6.14. The molecule has 7 aromatic carbocycles. The second-order valence-corrected chi connectivity index (χ2v) is 12.4. The Balaban J connectivity index is 1.19. The minimum atomic E-state index is 0.629. The first kappa shape index (κ1) is 28.2. The maximum atomic E-state index is 6.85. The quantitative estimate of drug-likeness (QED) is 0.188. The average Bonchev–Trinajstić information content (AvgIpc) is 3.74. The Bertz CT molecular complexity index is 2800. The van der Waals surface area contributed by atoms with Crippen LogP contribution in [0.1, 0.15) is 0 Å². The normalized spacial score (nSPS) is 11.6. The average molecular weight is 641 g/mol. The monoisotopic (exact) mass is 640 g/mol. The lowest BCUT2D eigenvalue weighted by Gasteiger charge is -2.10. The Morgan fingerprint density at radius 1 is 0.360 bits per heavy atom. The third-order valence-corrected chi connectivity index (χ3v) is 9.46. The van der Waals surface area contributed by atoms with Gasteiger partial charge in [0.05, 0.1) is 16.7 Å². The number of aromatic nitrogens is 4. The van der Waals surface area contributed by atoms with Crippen molar-refractivity contribution in [2.75, 3.05) is 0 Å². The Hall–Kier alpha value is -6.85. The fourth-order valence-electron chi connectivity index (χ4n) is 7.14. The number of nitrogens with zero attached hydrogens (tertiary/aromatic N) is 4. The highest BCUT2D eigenvalue weighted by Crippen LogP contribution is 2.41. The molecule has 234 valence electrons. The van der Waals surface area contributed by atoms with Crippen molar-refractivity contribution < 1.29 is 4.42 Å². The number of rotatable bonds is 5. The molecule has 0 bridgehead atoms. The van der Waals surface area contributed by atoms with Gasteiger partial charge in [-0.1, -0.05) is 140 Å². The van der Waals surface area contributed by atoms with Crippen molar-refractivity contribution >= 4 is 43.7 Å². The SMILES string of the molecule is c1ccc(-c2nc(-c3ccccc3)nc(-c3ccc4c(c3)c3ccccc3n4-c3cccc4c3oc3c(-c5ccccc5)cccc34)n2)cc1. The van der Waals surface area contributed by atoms with Gasteiger partial charge in [0, 0.05) is 43.8 Å². The van der Waals surface area contributed by atoms with E-state index in [1.807, 2.05) is 66.7 Å². The Morgan fingerprint density at radius 2 is 0.880 bits per heavy atom. The summed E-state index contributed by atoms with van der Waals surface area (Å²) in [5.74, 6) is 1.91. The molecule has 5 nitrogen and oxygen atoms in total. The number of para-hydroxylation sites is 3. The molecule has 0 saturated carbocycles. The van der Waals surface area contributed by atoms with E-state index in [4.69, 9.17) is 19.4 Å². The zero-order valence-electron chi connectivity index (χ0n) is 26.9. The topological polar surface area (TPSA) is 56.7 Å². The molecule has 0 amide bonds. The van der Waals surface area contributed by atoms with Gasteiger partial charge < -0.3 is 8.98 Å². The van der Waals surface area contributed by atoms with Gasteiger partial charge in [0.2, 0.25) is 0 Å². The van der Waals surface area contributed by atoms with Gasteiger partial charge in [0.25, 0.3) is 0 Å². The number of furan rings is 1. The van der Waals surface area contributed by atoms with Crippen LogP contribution in [0.15, 0.2) is 174 Å². The molecule has 3 heterocycles. The molecule has 0 fully saturated rings. The van der Waals surface area contributed by atoms with E-state index in [9.17, 15) is 0 Å². The van der Waals surface area contributed by atoms with Crippen LogP contribution >= 0.6 is 0 Å². The van der Waals surface area contributed by atoms with Crippen molar-refractivity contribution in [3.8, 4) is 51.0 Å². The Morgan fingerprint density at radius 3 is 1.56 bits per heavy atom. The van der Waals surface area contributed by atoms with Crippen LogP contribution in [0.25, 0.3) is 94.7 Å². The van der Waals surface area contributed by atoms with E-state index in [-0.39, 0.29) is 0 Å². The second kappa shape index (κ2) is 11.4. The largest absolute Gasteiger partial charge is 0.453 e. The van der Waals surface area contributed by atoms with Gasteiger partial charge in [-0.2, -0.15) is 0 Å². The van der Waals surface area contributed by atoms with Crippen molar-refractivity contribution in [3.63, 3.8) is 0 Å². The zero-order valence-corrected chi connectivity index (χ0v) is 26.9. The van der Waals surface area contributed by atoms with Crippen LogP contribution in [0.2, 0.25) is 0 Å². The predicted octanol–water partition coefficient (Wildman–Crippen LogP) is 11.5. The first-order valence-electron chi connectivity index (χ1n) is 16.7. The van der Waals surface area contributed by atoms with Crippen LogP contribution in [-0.2, 0) is 0 Å². The highest BCUT2D eigenvalue weighted by Gasteiger charge is 2.20. The van der Waals surface area contributed by atoms with Crippen molar-refractivity contribution in [1.29, 1.82) is 0 Å². The minimum Gasteiger partial charge on any atom is -0.453 e. The summed E-state index contributed by atoms with van der Waals surface area (Å²) in [6.07, 6.45) is 0. The molecular formula is C45H28N4O. The molecule has 0 N–H and O–H groups in total. The number of fused-ring (bicyclic) bond motifs is 6. The summed E-state index contributed by atoms with van der Waals surface area (Å²) in [5, 5.41) is 4.44. The molecule has 0 saturated heterocycles. The fraction of sp³-hybridized carbons (Fsp3) is 0. The van der Waals surface area contributed by atoms with Crippen LogP contribution < -0.4 is 0 Å². The number of benzene rings is 7. The van der Waals surface area contributed by atoms with E-state index in [1.54, 1.807) is 0 Å². The summed E-state index contributed by atoms with van der Waals surface area (Å²) in [6.45, 7) is 0.